The molecule has 3 fully saturated rings. The molecule has 0 spiro atoms. The Bertz CT molecular complexity index is 504. The van der Waals surface area contributed by atoms with Crippen LogP contribution in [-0.2, 0) is 9.47 Å². The van der Waals surface area contributed by atoms with Crippen molar-refractivity contribution in [3.05, 3.63) is 0 Å². The van der Waals surface area contributed by atoms with Gasteiger partial charge in [-0.25, -0.2) is 4.79 Å². The molecule has 2 aliphatic carbocycles. The lowest BCUT2D eigenvalue weighted by Gasteiger charge is -2.39. The van der Waals surface area contributed by atoms with Crippen molar-refractivity contribution in [3.8, 4) is 0 Å². The summed E-state index contributed by atoms with van der Waals surface area (Å²) in [5.41, 5.74) is 0.578. The van der Waals surface area contributed by atoms with Crippen LogP contribution >= 0.6 is 0 Å². The van der Waals surface area contributed by atoms with Gasteiger partial charge >= 0.3 is 6.09 Å². The molecule has 0 radical (unpaired) electrons. The van der Waals surface area contributed by atoms with E-state index in [1.54, 1.807) is 4.90 Å². The second-order valence-electron chi connectivity index (χ2n) is 9.07. The Morgan fingerprint density at radius 2 is 1.92 bits per heavy atom. The third-order valence-electron chi connectivity index (χ3n) is 7.57. The molecule has 1 aliphatic heterocycles. The Kier molecular flexibility index (Phi) is 5.85. The van der Waals surface area contributed by atoms with Crippen molar-refractivity contribution in [2.45, 2.75) is 59.2 Å². The first kappa shape index (κ1) is 19.9. The van der Waals surface area contributed by atoms with Gasteiger partial charge in [-0.1, -0.05) is 20.8 Å². The summed E-state index contributed by atoms with van der Waals surface area (Å²) in [6, 6.07) is 0. The predicted molar refractivity (Wildman–Crippen MR) is 100 cm³/mol. The van der Waals surface area contributed by atoms with Crippen molar-refractivity contribution in [1.82, 2.24) is 9.80 Å². The predicted octanol–water partition coefficient (Wildman–Crippen LogP) is 2.35. The molecule has 1 amide bonds. The number of aliphatic hydroxyl groups is 1. The van der Waals surface area contributed by atoms with Crippen molar-refractivity contribution < 1.29 is 19.4 Å². The number of ether oxygens (including phenoxy) is 2. The quantitative estimate of drug-likeness (QED) is 0.780. The summed E-state index contributed by atoms with van der Waals surface area (Å²) in [4.78, 5) is 15.7. The highest BCUT2D eigenvalue weighted by atomic mass is 16.6. The number of hydrogen-bond donors (Lipinski definition) is 1. The van der Waals surface area contributed by atoms with Crippen molar-refractivity contribution in [2.75, 3.05) is 45.9 Å². The molecule has 1 saturated heterocycles. The average Bonchev–Trinajstić information content (AvgIpc) is 2.94. The summed E-state index contributed by atoms with van der Waals surface area (Å²) < 4.78 is 11.3. The largest absolute Gasteiger partial charge is 0.450 e. The lowest BCUT2D eigenvalue weighted by molar-refractivity contribution is -0.0805. The van der Waals surface area contributed by atoms with Gasteiger partial charge in [-0.05, 0) is 42.9 Å². The van der Waals surface area contributed by atoms with Crippen LogP contribution in [0, 0.1) is 16.7 Å². The van der Waals surface area contributed by atoms with Crippen molar-refractivity contribution in [2.24, 2.45) is 16.7 Å². The molecule has 1 heterocycles. The van der Waals surface area contributed by atoms with E-state index in [9.17, 15) is 9.90 Å². The maximum atomic E-state index is 11.7. The minimum absolute atomic E-state index is 0.233. The Labute approximate surface area is 157 Å². The van der Waals surface area contributed by atoms with Crippen LogP contribution in [0.1, 0.15) is 47.0 Å². The Hall–Kier alpha value is -0.850. The Morgan fingerprint density at radius 3 is 2.46 bits per heavy atom. The summed E-state index contributed by atoms with van der Waals surface area (Å²) in [6.07, 6.45) is 3.25. The summed E-state index contributed by atoms with van der Waals surface area (Å²) >= 11 is 0. The Balaban J connectivity index is 1.39. The number of carbonyl (C=O) groups is 1. The van der Waals surface area contributed by atoms with Crippen LogP contribution < -0.4 is 0 Å². The molecule has 6 nitrogen and oxygen atoms in total. The maximum absolute atomic E-state index is 11.7. The van der Waals surface area contributed by atoms with Gasteiger partial charge < -0.3 is 19.5 Å². The number of hydrogen-bond acceptors (Lipinski definition) is 5. The van der Waals surface area contributed by atoms with E-state index in [0.29, 0.717) is 38.3 Å². The number of nitrogens with zero attached hydrogens (tertiary/aromatic N) is 2. The van der Waals surface area contributed by atoms with Gasteiger partial charge in [-0.15, -0.1) is 0 Å². The molecule has 2 bridgehead atoms. The number of aliphatic hydroxyl groups excluding tert-OH is 1. The zero-order chi connectivity index (χ0) is 18.9. The van der Waals surface area contributed by atoms with Gasteiger partial charge in [-0.2, -0.15) is 0 Å². The third-order valence-corrected chi connectivity index (χ3v) is 7.57. The van der Waals surface area contributed by atoms with Crippen LogP contribution in [-0.4, -0.2) is 79.1 Å². The van der Waals surface area contributed by atoms with Crippen LogP contribution in [0.2, 0.25) is 0 Å². The third kappa shape index (κ3) is 3.60. The first-order chi connectivity index (χ1) is 12.3. The molecule has 1 N–H and O–H groups in total. The monoisotopic (exact) mass is 368 g/mol. The van der Waals surface area contributed by atoms with Crippen LogP contribution in [0.5, 0.6) is 0 Å². The fourth-order valence-electron chi connectivity index (χ4n) is 5.29. The number of rotatable bonds is 6. The maximum Gasteiger partial charge on any atom is 0.409 e. The van der Waals surface area contributed by atoms with E-state index in [2.05, 4.69) is 25.7 Å². The molecule has 0 aromatic carbocycles. The van der Waals surface area contributed by atoms with Crippen molar-refractivity contribution in [3.63, 3.8) is 0 Å². The highest BCUT2D eigenvalue weighted by Gasteiger charge is 2.61. The van der Waals surface area contributed by atoms with Gasteiger partial charge in [0, 0.05) is 32.7 Å². The van der Waals surface area contributed by atoms with Gasteiger partial charge in [0.05, 0.1) is 25.4 Å². The van der Waals surface area contributed by atoms with Crippen LogP contribution in [0.15, 0.2) is 0 Å². The van der Waals surface area contributed by atoms with Gasteiger partial charge in [0.2, 0.25) is 0 Å². The summed E-state index contributed by atoms with van der Waals surface area (Å²) in [5, 5.41) is 10.4. The first-order valence-electron chi connectivity index (χ1n) is 10.2. The van der Waals surface area contributed by atoms with Crippen molar-refractivity contribution in [1.29, 1.82) is 0 Å². The smallest absolute Gasteiger partial charge is 0.409 e. The molecule has 0 aromatic rings. The fourth-order valence-corrected chi connectivity index (χ4v) is 5.29. The first-order valence-corrected chi connectivity index (χ1v) is 10.2. The zero-order valence-electron chi connectivity index (χ0n) is 16.9. The minimum Gasteiger partial charge on any atom is -0.450 e. The van der Waals surface area contributed by atoms with Gasteiger partial charge in [-0.3, -0.25) is 4.90 Å². The van der Waals surface area contributed by atoms with E-state index in [0.717, 1.165) is 25.4 Å². The second kappa shape index (κ2) is 7.64. The molecule has 2 saturated carbocycles. The molecular weight excluding hydrogens is 332 g/mol. The van der Waals surface area contributed by atoms with Gasteiger partial charge in [0.15, 0.2) is 0 Å². The standard InChI is InChI=1S/C20H36N2O4/c1-5-25-18(24)22-10-8-21(9-11-22)13-16(23)14-26-17-12-15-6-7-20(17,4)19(15,2)3/h15-17,23H,5-14H2,1-4H3/t15-,16-,17+,20-/m0/s1. The number of amides is 1. The number of piperazine rings is 1. The van der Waals surface area contributed by atoms with E-state index in [4.69, 9.17) is 9.47 Å². The lowest BCUT2D eigenvalue weighted by Crippen LogP contribution is -2.51. The van der Waals surface area contributed by atoms with Crippen molar-refractivity contribution >= 4 is 6.09 Å². The highest BCUT2D eigenvalue weighted by molar-refractivity contribution is 5.67. The van der Waals surface area contributed by atoms with Crippen LogP contribution in [0.3, 0.4) is 0 Å². The lowest BCUT2D eigenvalue weighted by atomic mass is 9.70. The number of β-amino-alcohol motifs (C(OH)–C–C–N with tert-alkyl or cyclic N) is 1. The molecule has 3 aliphatic rings. The molecule has 0 unspecified atom stereocenters. The zero-order valence-corrected chi connectivity index (χ0v) is 16.9. The molecule has 4 atom stereocenters. The van der Waals surface area contributed by atoms with Crippen LogP contribution in [0.25, 0.3) is 0 Å². The van der Waals surface area contributed by atoms with E-state index >= 15 is 0 Å². The van der Waals surface area contributed by atoms with E-state index in [-0.39, 0.29) is 17.6 Å². The average molecular weight is 369 g/mol. The molecule has 150 valence electrons. The summed E-state index contributed by atoms with van der Waals surface area (Å²) in [5.74, 6) is 0.755. The molecule has 0 aromatic heterocycles. The molecular formula is C20H36N2O4. The Morgan fingerprint density at radius 1 is 1.23 bits per heavy atom. The molecule has 6 heteroatoms. The summed E-state index contributed by atoms with van der Waals surface area (Å²) in [7, 11) is 0. The minimum atomic E-state index is -0.477. The number of carbonyl (C=O) groups excluding carboxylic acids is 1. The van der Waals surface area contributed by atoms with Crippen LogP contribution in [0.4, 0.5) is 4.79 Å². The van der Waals surface area contributed by atoms with Gasteiger partial charge in [0.1, 0.15) is 0 Å². The van der Waals surface area contributed by atoms with E-state index in [1.165, 1.54) is 12.8 Å². The van der Waals surface area contributed by atoms with Gasteiger partial charge in [0.25, 0.3) is 0 Å². The van der Waals surface area contributed by atoms with E-state index in [1.807, 2.05) is 6.92 Å². The van der Waals surface area contributed by atoms with E-state index < -0.39 is 6.10 Å². The normalized spacial score (nSPS) is 34.9. The topological polar surface area (TPSA) is 62.2 Å². The second-order valence-corrected chi connectivity index (χ2v) is 9.07. The SMILES string of the molecule is CCOC(=O)N1CCN(C[C@H](O)CO[C@@H]2C[C@@H]3CC[C@]2(C)C3(C)C)CC1. The number of fused-ring (bicyclic) bond motifs is 2. The summed E-state index contributed by atoms with van der Waals surface area (Å²) in [6.45, 7) is 13.2. The highest BCUT2D eigenvalue weighted by Crippen LogP contribution is 2.66. The molecule has 26 heavy (non-hydrogen) atoms. The fraction of sp³-hybridized carbons (Fsp3) is 0.950. The molecule has 3 rings (SSSR count).